The van der Waals surface area contributed by atoms with Gasteiger partial charge in [-0.05, 0) is 41.2 Å². The highest BCUT2D eigenvalue weighted by Crippen LogP contribution is 2.29. The van der Waals surface area contributed by atoms with Gasteiger partial charge < -0.3 is 10.6 Å². The van der Waals surface area contributed by atoms with Crippen LogP contribution in [0.1, 0.15) is 31.2 Å². The maximum atomic E-state index is 12.4. The van der Waals surface area contributed by atoms with Crippen molar-refractivity contribution in [3.05, 3.63) is 35.2 Å². The Labute approximate surface area is 141 Å². The first-order chi connectivity index (χ1) is 10.1. The second-order valence-electron chi connectivity index (χ2n) is 6.07. The molecule has 0 unspecified atom stereocenters. The third kappa shape index (κ3) is 3.62. The molecular formula is C17H23ClN2OS. The number of hydrogen-bond acceptors (Lipinski definition) is 3. The normalized spacial score (nSPS) is 20.8. The summed E-state index contributed by atoms with van der Waals surface area (Å²) >= 11 is 1.74. The highest BCUT2D eigenvalue weighted by Gasteiger charge is 2.27. The lowest BCUT2D eigenvalue weighted by molar-refractivity contribution is -0.131. The Morgan fingerprint density at radius 3 is 2.86 bits per heavy atom. The highest BCUT2D eigenvalue weighted by atomic mass is 35.5. The fourth-order valence-corrected chi connectivity index (χ4v) is 4.15. The van der Waals surface area contributed by atoms with Gasteiger partial charge >= 0.3 is 0 Å². The molecule has 1 aromatic carbocycles. The number of carbonyl (C=O) groups is 1. The van der Waals surface area contributed by atoms with Gasteiger partial charge in [-0.15, -0.1) is 23.7 Å². The molecule has 1 aliphatic rings. The van der Waals surface area contributed by atoms with Gasteiger partial charge in [-0.3, -0.25) is 4.79 Å². The molecule has 5 heteroatoms. The molecule has 0 aliphatic heterocycles. The van der Waals surface area contributed by atoms with Crippen molar-refractivity contribution >= 4 is 39.7 Å². The van der Waals surface area contributed by atoms with E-state index in [0.717, 1.165) is 19.3 Å². The highest BCUT2D eigenvalue weighted by molar-refractivity contribution is 7.17. The number of benzene rings is 1. The van der Waals surface area contributed by atoms with Crippen molar-refractivity contribution in [2.75, 3.05) is 7.05 Å². The van der Waals surface area contributed by atoms with E-state index in [1.165, 1.54) is 15.6 Å². The number of fused-ring (bicyclic) bond motifs is 1. The molecule has 1 aliphatic carbocycles. The average Bonchev–Trinajstić information content (AvgIpc) is 3.07. The molecule has 22 heavy (non-hydrogen) atoms. The molecule has 120 valence electrons. The number of hydrogen-bond donors (Lipinski definition) is 1. The molecule has 2 aromatic rings. The van der Waals surface area contributed by atoms with E-state index >= 15 is 0 Å². The molecule has 3 rings (SSSR count). The van der Waals surface area contributed by atoms with Crippen LogP contribution < -0.4 is 5.73 Å². The summed E-state index contributed by atoms with van der Waals surface area (Å²) in [6.45, 7) is 0.685. The Hall–Kier alpha value is -1.10. The van der Waals surface area contributed by atoms with Crippen molar-refractivity contribution in [1.29, 1.82) is 0 Å². The van der Waals surface area contributed by atoms with E-state index in [0.29, 0.717) is 18.9 Å². The second kappa shape index (κ2) is 7.44. The first-order valence-electron chi connectivity index (χ1n) is 7.60. The van der Waals surface area contributed by atoms with Crippen LogP contribution in [-0.2, 0) is 11.3 Å². The van der Waals surface area contributed by atoms with Crippen molar-refractivity contribution in [3.63, 3.8) is 0 Å². The maximum Gasteiger partial charge on any atom is 0.222 e. The number of halogens is 1. The standard InChI is InChI=1S/C17H22N2OS.ClH/c1-19(17(20)9-12-5-4-7-15(12)18)10-13-11-21-16-8-3-2-6-14(13)16;/h2-3,6,8,11-12,15H,4-5,7,9-10,18H2,1H3;1H/t12-,15+;/m0./s1. The summed E-state index contributed by atoms with van der Waals surface area (Å²) in [5.74, 6) is 0.590. The number of thiophene rings is 1. The summed E-state index contributed by atoms with van der Waals surface area (Å²) in [7, 11) is 1.90. The van der Waals surface area contributed by atoms with Crippen LogP contribution >= 0.6 is 23.7 Å². The Kier molecular flexibility index (Phi) is 5.84. The van der Waals surface area contributed by atoms with Crippen molar-refractivity contribution in [2.24, 2.45) is 11.7 Å². The maximum absolute atomic E-state index is 12.4. The quantitative estimate of drug-likeness (QED) is 0.921. The first kappa shape index (κ1) is 17.3. The summed E-state index contributed by atoms with van der Waals surface area (Å²) in [6.07, 6.45) is 3.93. The van der Waals surface area contributed by atoms with Gasteiger partial charge in [0.15, 0.2) is 0 Å². The number of amides is 1. The fraction of sp³-hybridized carbons (Fsp3) is 0.471. The Balaban J connectivity index is 0.00000176. The van der Waals surface area contributed by atoms with Crippen molar-refractivity contribution in [3.8, 4) is 0 Å². The molecule has 0 radical (unpaired) electrons. The molecule has 3 nitrogen and oxygen atoms in total. The van der Waals surface area contributed by atoms with E-state index in [2.05, 4.69) is 29.6 Å². The van der Waals surface area contributed by atoms with Crippen LogP contribution in [0.15, 0.2) is 29.6 Å². The van der Waals surface area contributed by atoms with Gasteiger partial charge in [-0.25, -0.2) is 0 Å². The van der Waals surface area contributed by atoms with Gasteiger partial charge in [0.05, 0.1) is 0 Å². The van der Waals surface area contributed by atoms with E-state index in [1.807, 2.05) is 11.9 Å². The summed E-state index contributed by atoms with van der Waals surface area (Å²) in [4.78, 5) is 14.2. The summed E-state index contributed by atoms with van der Waals surface area (Å²) in [6, 6.07) is 8.58. The Bertz CT molecular complexity index is 642. The molecule has 0 spiro atoms. The van der Waals surface area contributed by atoms with Crippen molar-refractivity contribution < 1.29 is 4.79 Å². The Morgan fingerprint density at radius 1 is 1.36 bits per heavy atom. The lowest BCUT2D eigenvalue weighted by Gasteiger charge is -2.21. The number of rotatable bonds is 4. The third-order valence-electron chi connectivity index (χ3n) is 4.55. The van der Waals surface area contributed by atoms with Crippen LogP contribution in [0.2, 0.25) is 0 Å². The summed E-state index contributed by atoms with van der Waals surface area (Å²) in [5.41, 5.74) is 7.31. The van der Waals surface area contributed by atoms with E-state index in [-0.39, 0.29) is 24.4 Å². The van der Waals surface area contributed by atoms with E-state index < -0.39 is 0 Å². The monoisotopic (exact) mass is 338 g/mol. The third-order valence-corrected chi connectivity index (χ3v) is 5.56. The average molecular weight is 339 g/mol. The minimum atomic E-state index is 0. The first-order valence-corrected chi connectivity index (χ1v) is 8.48. The fourth-order valence-electron chi connectivity index (χ4n) is 3.20. The lowest BCUT2D eigenvalue weighted by Crippen LogP contribution is -2.32. The zero-order valence-electron chi connectivity index (χ0n) is 12.8. The molecule has 1 amide bonds. The van der Waals surface area contributed by atoms with Gasteiger partial charge in [0.25, 0.3) is 0 Å². The van der Waals surface area contributed by atoms with Crippen LogP contribution in [0.5, 0.6) is 0 Å². The predicted octanol–water partition coefficient (Wildman–Crippen LogP) is 3.80. The van der Waals surface area contributed by atoms with Gasteiger partial charge in [-0.2, -0.15) is 0 Å². The zero-order valence-corrected chi connectivity index (χ0v) is 14.5. The molecule has 0 saturated heterocycles. The van der Waals surface area contributed by atoms with E-state index in [1.54, 1.807) is 11.3 Å². The largest absolute Gasteiger partial charge is 0.341 e. The molecule has 1 heterocycles. The molecule has 1 aromatic heterocycles. The predicted molar refractivity (Wildman–Crippen MR) is 95.5 cm³/mol. The minimum absolute atomic E-state index is 0. The number of carbonyl (C=O) groups excluding carboxylic acids is 1. The van der Waals surface area contributed by atoms with Gasteiger partial charge in [-0.1, -0.05) is 24.6 Å². The topological polar surface area (TPSA) is 46.3 Å². The number of nitrogens with zero attached hydrogens (tertiary/aromatic N) is 1. The number of nitrogens with two attached hydrogens (primary N) is 1. The van der Waals surface area contributed by atoms with Gasteiger partial charge in [0.1, 0.15) is 0 Å². The molecule has 2 N–H and O–H groups in total. The minimum Gasteiger partial charge on any atom is -0.341 e. The smallest absolute Gasteiger partial charge is 0.222 e. The van der Waals surface area contributed by atoms with Crippen LogP contribution in [0.25, 0.3) is 10.1 Å². The summed E-state index contributed by atoms with van der Waals surface area (Å²) < 4.78 is 1.28. The Morgan fingerprint density at radius 2 is 2.14 bits per heavy atom. The van der Waals surface area contributed by atoms with E-state index in [4.69, 9.17) is 5.73 Å². The molecular weight excluding hydrogens is 316 g/mol. The SMILES string of the molecule is CN(Cc1csc2ccccc12)C(=O)C[C@@H]1CCC[C@H]1N.Cl. The second-order valence-corrected chi connectivity index (χ2v) is 6.98. The van der Waals surface area contributed by atoms with Crippen molar-refractivity contribution in [2.45, 2.75) is 38.3 Å². The van der Waals surface area contributed by atoms with Crippen LogP contribution in [0.4, 0.5) is 0 Å². The zero-order chi connectivity index (χ0) is 14.8. The van der Waals surface area contributed by atoms with Crippen LogP contribution in [0, 0.1) is 5.92 Å². The van der Waals surface area contributed by atoms with Crippen molar-refractivity contribution in [1.82, 2.24) is 4.90 Å². The molecule has 1 fully saturated rings. The molecule has 0 bridgehead atoms. The summed E-state index contributed by atoms with van der Waals surface area (Å²) in [5, 5.41) is 3.43. The lowest BCUT2D eigenvalue weighted by atomic mass is 9.99. The van der Waals surface area contributed by atoms with E-state index in [9.17, 15) is 4.79 Å². The molecule has 2 atom stereocenters. The van der Waals surface area contributed by atoms with Gasteiger partial charge in [0.2, 0.25) is 5.91 Å². The van der Waals surface area contributed by atoms with Gasteiger partial charge in [0, 0.05) is 30.8 Å². The van der Waals surface area contributed by atoms with Crippen LogP contribution in [0.3, 0.4) is 0 Å². The van der Waals surface area contributed by atoms with Crippen LogP contribution in [-0.4, -0.2) is 23.9 Å². The molecule has 1 saturated carbocycles.